The molecule has 0 aromatic heterocycles. The van der Waals surface area contributed by atoms with E-state index in [9.17, 15) is 29.7 Å². The van der Waals surface area contributed by atoms with Crippen LogP contribution in [-0.4, -0.2) is 87.5 Å². The number of rotatable bonds is 7. The van der Waals surface area contributed by atoms with Crippen molar-refractivity contribution in [2.75, 3.05) is 26.0 Å². The number of aryl methyl sites for hydroxylation is 1. The topological polar surface area (TPSA) is 174 Å². The molecular weight excluding hydrogens is 492 g/mol. The number of anilines is 1. The van der Waals surface area contributed by atoms with Crippen LogP contribution in [0.15, 0.2) is 42.5 Å². The Kier molecular flexibility index (Phi) is 7.79. The van der Waals surface area contributed by atoms with Crippen LogP contribution in [0, 0.1) is 6.92 Å². The molecule has 1 saturated carbocycles. The van der Waals surface area contributed by atoms with E-state index < -0.39 is 47.4 Å². The quantitative estimate of drug-likeness (QED) is 0.229. The van der Waals surface area contributed by atoms with Gasteiger partial charge in [0.05, 0.1) is 17.6 Å². The van der Waals surface area contributed by atoms with Gasteiger partial charge in [0.1, 0.15) is 23.5 Å². The number of ether oxygens (including phenoxy) is 1. The zero-order chi connectivity index (χ0) is 28.6. The number of esters is 1. The fraction of sp³-hybridized carbons (Fsp3) is 0.444. The first-order valence-electron chi connectivity index (χ1n) is 12.1. The summed E-state index contributed by atoms with van der Waals surface area (Å²) in [6, 6.07) is 8.16. The first kappa shape index (κ1) is 28.9. The van der Waals surface area contributed by atoms with Gasteiger partial charge in [-0.1, -0.05) is 24.3 Å². The van der Waals surface area contributed by atoms with Gasteiger partial charge in [0.15, 0.2) is 11.4 Å². The van der Waals surface area contributed by atoms with Crippen molar-refractivity contribution < 1.29 is 34.4 Å². The normalized spacial score (nSPS) is 28.4. The van der Waals surface area contributed by atoms with Crippen molar-refractivity contribution in [2.24, 2.45) is 5.73 Å². The third-order valence-electron chi connectivity index (χ3n) is 7.64. The van der Waals surface area contributed by atoms with Crippen molar-refractivity contribution in [2.45, 2.75) is 56.5 Å². The van der Waals surface area contributed by atoms with Crippen molar-refractivity contribution in [3.05, 3.63) is 59.2 Å². The van der Waals surface area contributed by atoms with Gasteiger partial charge in [-0.2, -0.15) is 0 Å². The van der Waals surface area contributed by atoms with Crippen LogP contribution >= 0.6 is 0 Å². The van der Waals surface area contributed by atoms with Gasteiger partial charge in [-0.15, -0.1) is 0 Å². The Morgan fingerprint density at radius 1 is 1.11 bits per heavy atom. The molecular formula is C27H36N4O7. The predicted octanol–water partition coefficient (Wildman–Crippen LogP) is 1.39. The average Bonchev–Trinajstić information content (AvgIpc) is 2.94. The molecule has 1 fully saturated rings. The van der Waals surface area contributed by atoms with Crippen LogP contribution < -0.4 is 16.4 Å². The minimum atomic E-state index is -2.25. The maximum atomic E-state index is 13.0. The SMILES string of the molecule is CC(=O)c1cccc(NC2C(N)C(C)(NC(=O)N(C)C)C(C)(O)C2(O)COC(=O)c2c(C)cccc2O)c1. The monoisotopic (exact) mass is 528 g/mol. The summed E-state index contributed by atoms with van der Waals surface area (Å²) in [5.41, 5.74) is 1.79. The van der Waals surface area contributed by atoms with Crippen LogP contribution in [-0.2, 0) is 4.74 Å². The van der Waals surface area contributed by atoms with E-state index in [1.54, 1.807) is 43.3 Å². The van der Waals surface area contributed by atoms with Crippen LogP contribution in [0.3, 0.4) is 0 Å². The lowest BCUT2D eigenvalue weighted by molar-refractivity contribution is -0.169. The molecule has 206 valence electrons. The van der Waals surface area contributed by atoms with Gasteiger partial charge in [0.2, 0.25) is 0 Å². The molecule has 5 atom stereocenters. The molecule has 0 saturated heterocycles. The molecule has 7 N–H and O–H groups in total. The third kappa shape index (κ3) is 4.80. The summed E-state index contributed by atoms with van der Waals surface area (Å²) in [5, 5.41) is 39.8. The summed E-state index contributed by atoms with van der Waals surface area (Å²) >= 11 is 0. The molecule has 0 bridgehead atoms. The third-order valence-corrected chi connectivity index (χ3v) is 7.64. The summed E-state index contributed by atoms with van der Waals surface area (Å²) < 4.78 is 5.45. The number of nitrogens with zero attached hydrogens (tertiary/aromatic N) is 1. The number of benzene rings is 2. The number of hydrogen-bond donors (Lipinski definition) is 6. The molecule has 5 unspecified atom stereocenters. The molecule has 2 aromatic carbocycles. The Balaban J connectivity index is 2.05. The number of amides is 2. The number of phenolic OH excluding ortho intramolecular Hbond substituents is 1. The van der Waals surface area contributed by atoms with Crippen LogP contribution in [0.5, 0.6) is 5.75 Å². The zero-order valence-electron chi connectivity index (χ0n) is 22.4. The van der Waals surface area contributed by atoms with Crippen LogP contribution in [0.25, 0.3) is 0 Å². The summed E-state index contributed by atoms with van der Waals surface area (Å²) in [4.78, 5) is 38.8. The Morgan fingerprint density at radius 2 is 1.74 bits per heavy atom. The lowest BCUT2D eigenvalue weighted by atomic mass is 9.77. The highest BCUT2D eigenvalue weighted by Gasteiger charge is 2.72. The summed E-state index contributed by atoms with van der Waals surface area (Å²) in [7, 11) is 3.03. The molecule has 1 aliphatic carbocycles. The van der Waals surface area contributed by atoms with Crippen molar-refractivity contribution >= 4 is 23.5 Å². The number of ketones is 1. The Hall–Kier alpha value is -3.67. The molecule has 2 aromatic rings. The van der Waals surface area contributed by atoms with E-state index in [1.165, 1.54) is 45.8 Å². The highest BCUT2D eigenvalue weighted by molar-refractivity contribution is 5.95. The number of hydrogen-bond acceptors (Lipinski definition) is 9. The number of aromatic hydroxyl groups is 1. The second kappa shape index (κ2) is 10.2. The van der Waals surface area contributed by atoms with E-state index in [2.05, 4.69) is 10.6 Å². The van der Waals surface area contributed by atoms with E-state index in [0.717, 1.165) is 0 Å². The largest absolute Gasteiger partial charge is 0.507 e. The van der Waals surface area contributed by atoms with Gasteiger partial charge < -0.3 is 41.3 Å². The molecule has 38 heavy (non-hydrogen) atoms. The van der Waals surface area contributed by atoms with Crippen molar-refractivity contribution in [1.82, 2.24) is 10.2 Å². The smallest absolute Gasteiger partial charge is 0.342 e. The Labute approximate surface area is 221 Å². The molecule has 0 heterocycles. The molecule has 0 spiro atoms. The van der Waals surface area contributed by atoms with E-state index in [-0.39, 0.29) is 17.1 Å². The molecule has 1 aliphatic rings. The highest BCUT2D eigenvalue weighted by Crippen LogP contribution is 2.47. The fourth-order valence-electron chi connectivity index (χ4n) is 4.86. The lowest BCUT2D eigenvalue weighted by Gasteiger charge is -2.45. The Morgan fingerprint density at radius 3 is 2.32 bits per heavy atom. The van der Waals surface area contributed by atoms with Crippen LogP contribution in [0.2, 0.25) is 0 Å². The predicted molar refractivity (Wildman–Crippen MR) is 141 cm³/mol. The average molecular weight is 529 g/mol. The zero-order valence-corrected chi connectivity index (χ0v) is 22.4. The van der Waals surface area contributed by atoms with Gasteiger partial charge >= 0.3 is 12.0 Å². The van der Waals surface area contributed by atoms with Crippen LogP contribution in [0.4, 0.5) is 10.5 Å². The first-order chi connectivity index (χ1) is 17.6. The Bertz CT molecular complexity index is 1230. The number of Topliss-reactive ketones (excluding diaryl/α,β-unsaturated/α-hetero) is 1. The number of carbonyl (C=O) groups is 3. The fourth-order valence-corrected chi connectivity index (χ4v) is 4.86. The van der Waals surface area contributed by atoms with Crippen molar-refractivity contribution in [3.63, 3.8) is 0 Å². The van der Waals surface area contributed by atoms with Gasteiger partial charge in [-0.3, -0.25) is 4.79 Å². The first-order valence-corrected chi connectivity index (χ1v) is 12.1. The standard InChI is InChI=1S/C27H36N4O7/c1-15-9-7-12-19(33)20(15)23(34)38-14-27(37)22(29-18-11-8-10-17(13-18)16(2)32)21(28)25(3,26(27,4)36)30-24(35)31(5)6/h7-13,21-22,29,33,36-37H,14,28H2,1-6H3,(H,30,35). The number of phenols is 1. The molecule has 3 rings (SSSR count). The highest BCUT2D eigenvalue weighted by atomic mass is 16.5. The van der Waals surface area contributed by atoms with Crippen molar-refractivity contribution in [3.8, 4) is 5.75 Å². The molecule has 2 amide bonds. The van der Waals surface area contributed by atoms with E-state index in [0.29, 0.717) is 16.8 Å². The second-order valence-corrected chi connectivity index (χ2v) is 10.4. The van der Waals surface area contributed by atoms with E-state index in [4.69, 9.17) is 10.5 Å². The number of nitrogens with two attached hydrogens (primary N) is 1. The minimum absolute atomic E-state index is 0.0830. The lowest BCUT2D eigenvalue weighted by Crippen LogP contribution is -2.70. The van der Waals surface area contributed by atoms with E-state index >= 15 is 0 Å². The number of urea groups is 1. The summed E-state index contributed by atoms with van der Waals surface area (Å²) in [6.07, 6.45) is 0. The molecule has 0 aliphatic heterocycles. The van der Waals surface area contributed by atoms with Crippen LogP contribution in [0.1, 0.15) is 47.1 Å². The number of aliphatic hydroxyl groups is 2. The van der Waals surface area contributed by atoms with Gasteiger partial charge in [-0.25, -0.2) is 9.59 Å². The maximum Gasteiger partial charge on any atom is 0.342 e. The minimum Gasteiger partial charge on any atom is -0.507 e. The second-order valence-electron chi connectivity index (χ2n) is 10.4. The van der Waals surface area contributed by atoms with Gasteiger partial charge in [0.25, 0.3) is 0 Å². The maximum absolute atomic E-state index is 13.0. The number of nitrogens with one attached hydrogen (secondary N) is 2. The molecule has 0 radical (unpaired) electrons. The summed E-state index contributed by atoms with van der Waals surface area (Å²) in [5.74, 6) is -1.39. The summed E-state index contributed by atoms with van der Waals surface area (Å²) in [6.45, 7) is 5.09. The van der Waals surface area contributed by atoms with Gasteiger partial charge in [0, 0.05) is 25.3 Å². The van der Waals surface area contributed by atoms with Crippen molar-refractivity contribution in [1.29, 1.82) is 0 Å². The van der Waals surface area contributed by atoms with E-state index in [1.807, 2.05) is 0 Å². The molecule has 11 heteroatoms. The number of carbonyl (C=O) groups excluding carboxylic acids is 3. The molecule has 11 nitrogen and oxygen atoms in total. The van der Waals surface area contributed by atoms with Gasteiger partial charge in [-0.05, 0) is 51.5 Å².